The highest BCUT2D eigenvalue weighted by Gasteiger charge is 2.08. The topological polar surface area (TPSA) is 9.23 Å². The number of ether oxygens (including phenoxy) is 1. The summed E-state index contributed by atoms with van der Waals surface area (Å²) in [5, 5.41) is 0. The molecule has 0 N–H and O–H groups in total. The van der Waals surface area contributed by atoms with Crippen molar-refractivity contribution in [1.29, 1.82) is 0 Å². The van der Waals surface area contributed by atoms with Gasteiger partial charge < -0.3 is 4.74 Å². The van der Waals surface area contributed by atoms with Gasteiger partial charge in [0.05, 0.1) is 6.61 Å². The van der Waals surface area contributed by atoms with E-state index in [4.69, 9.17) is 4.74 Å². The number of rotatable bonds is 6. The highest BCUT2D eigenvalue weighted by molar-refractivity contribution is 5.34. The van der Waals surface area contributed by atoms with Crippen LogP contribution in [0.15, 0.2) is 30.9 Å². The molecule has 1 aromatic carbocycles. The summed E-state index contributed by atoms with van der Waals surface area (Å²) in [6.07, 6.45) is 3.59. The van der Waals surface area contributed by atoms with Crippen LogP contribution < -0.4 is 4.74 Å². The van der Waals surface area contributed by atoms with Crippen LogP contribution in [0.25, 0.3) is 0 Å². The van der Waals surface area contributed by atoms with Crippen LogP contribution in [-0.2, 0) is 6.42 Å². The molecule has 0 fully saturated rings. The number of hydrogen-bond acceptors (Lipinski definition) is 1. The molecule has 0 heterocycles. The van der Waals surface area contributed by atoms with Crippen LogP contribution in [0.2, 0.25) is 0 Å². The molecule has 0 aromatic heterocycles. The summed E-state index contributed by atoms with van der Waals surface area (Å²) in [6.45, 7) is 8.51. The van der Waals surface area contributed by atoms with Gasteiger partial charge in [-0.15, -0.1) is 6.58 Å². The Labute approximate surface area is 96.9 Å². The molecule has 0 aliphatic carbocycles. The van der Waals surface area contributed by atoms with Crippen LogP contribution in [0.4, 0.5) is 4.39 Å². The van der Waals surface area contributed by atoms with E-state index in [0.717, 1.165) is 24.2 Å². The first-order valence-corrected chi connectivity index (χ1v) is 5.71. The Bertz CT molecular complexity index is 347. The largest absolute Gasteiger partial charge is 0.493 e. The van der Waals surface area contributed by atoms with Gasteiger partial charge in [-0.05, 0) is 42.5 Å². The predicted molar refractivity (Wildman–Crippen MR) is 65.3 cm³/mol. The molecule has 0 radical (unpaired) electrons. The second kappa shape index (κ2) is 6.31. The number of halogens is 1. The lowest BCUT2D eigenvalue weighted by molar-refractivity contribution is 0.312. The fourth-order valence-electron chi connectivity index (χ4n) is 1.49. The SMILES string of the molecule is C=CC(C)Cc1cc(F)ccc1OCCC. The minimum atomic E-state index is -0.213. The van der Waals surface area contributed by atoms with E-state index in [1.807, 2.05) is 6.08 Å². The van der Waals surface area contributed by atoms with Gasteiger partial charge in [0, 0.05) is 0 Å². The molecule has 1 atom stereocenters. The molecule has 16 heavy (non-hydrogen) atoms. The maximum Gasteiger partial charge on any atom is 0.123 e. The Hall–Kier alpha value is -1.31. The maximum absolute atomic E-state index is 13.1. The Morgan fingerprint density at radius 3 is 2.88 bits per heavy atom. The van der Waals surface area contributed by atoms with Gasteiger partial charge in [-0.1, -0.05) is 19.9 Å². The fraction of sp³-hybridized carbons (Fsp3) is 0.429. The first kappa shape index (κ1) is 12.8. The van der Waals surface area contributed by atoms with E-state index >= 15 is 0 Å². The van der Waals surface area contributed by atoms with E-state index in [2.05, 4.69) is 20.4 Å². The summed E-state index contributed by atoms with van der Waals surface area (Å²) in [4.78, 5) is 0. The van der Waals surface area contributed by atoms with Crippen molar-refractivity contribution in [1.82, 2.24) is 0 Å². The fourth-order valence-corrected chi connectivity index (χ4v) is 1.49. The first-order chi connectivity index (χ1) is 7.67. The molecular weight excluding hydrogens is 203 g/mol. The van der Waals surface area contributed by atoms with Crippen molar-refractivity contribution >= 4 is 0 Å². The Morgan fingerprint density at radius 2 is 2.25 bits per heavy atom. The molecule has 0 bridgehead atoms. The Morgan fingerprint density at radius 1 is 1.50 bits per heavy atom. The molecule has 0 saturated carbocycles. The van der Waals surface area contributed by atoms with Crippen LogP contribution in [0.5, 0.6) is 5.75 Å². The lowest BCUT2D eigenvalue weighted by Gasteiger charge is -2.13. The Balaban J connectivity index is 2.84. The summed E-state index contributed by atoms with van der Waals surface area (Å²) in [7, 11) is 0. The average Bonchev–Trinajstić information content (AvgIpc) is 2.28. The van der Waals surface area contributed by atoms with Crippen molar-refractivity contribution in [3.05, 3.63) is 42.2 Å². The second-order valence-electron chi connectivity index (χ2n) is 4.02. The average molecular weight is 222 g/mol. The summed E-state index contributed by atoms with van der Waals surface area (Å²) in [5.41, 5.74) is 0.917. The number of hydrogen-bond donors (Lipinski definition) is 0. The minimum Gasteiger partial charge on any atom is -0.493 e. The first-order valence-electron chi connectivity index (χ1n) is 5.71. The third-order valence-corrected chi connectivity index (χ3v) is 2.43. The monoisotopic (exact) mass is 222 g/mol. The highest BCUT2D eigenvalue weighted by atomic mass is 19.1. The molecule has 88 valence electrons. The molecule has 1 rings (SSSR count). The molecule has 1 unspecified atom stereocenters. The molecule has 1 aromatic rings. The zero-order chi connectivity index (χ0) is 12.0. The van der Waals surface area contributed by atoms with Crippen molar-refractivity contribution < 1.29 is 9.13 Å². The maximum atomic E-state index is 13.1. The summed E-state index contributed by atoms with van der Waals surface area (Å²) in [5.74, 6) is 0.901. The summed E-state index contributed by atoms with van der Waals surface area (Å²) in [6, 6.07) is 4.69. The van der Waals surface area contributed by atoms with Crippen LogP contribution >= 0.6 is 0 Å². The van der Waals surface area contributed by atoms with Crippen molar-refractivity contribution in [2.45, 2.75) is 26.7 Å². The number of benzene rings is 1. The lowest BCUT2D eigenvalue weighted by atomic mass is 10.0. The third-order valence-electron chi connectivity index (χ3n) is 2.43. The van der Waals surface area contributed by atoms with Gasteiger partial charge in [-0.25, -0.2) is 4.39 Å². The smallest absolute Gasteiger partial charge is 0.123 e. The van der Waals surface area contributed by atoms with E-state index in [1.165, 1.54) is 6.07 Å². The molecule has 0 spiro atoms. The predicted octanol–water partition coefficient (Wildman–Crippen LogP) is 3.98. The van der Waals surface area contributed by atoms with Crippen molar-refractivity contribution in [2.75, 3.05) is 6.61 Å². The molecular formula is C14H19FO. The molecule has 0 saturated heterocycles. The van der Waals surface area contributed by atoms with E-state index in [1.54, 1.807) is 12.1 Å². The van der Waals surface area contributed by atoms with Crippen molar-refractivity contribution in [3.8, 4) is 5.75 Å². The van der Waals surface area contributed by atoms with Gasteiger partial charge in [-0.2, -0.15) is 0 Å². The standard InChI is InChI=1S/C14H19FO/c1-4-8-16-14-7-6-13(15)10-12(14)9-11(3)5-2/h5-7,10-11H,2,4,8-9H2,1,3H3. The molecule has 0 amide bonds. The summed E-state index contributed by atoms with van der Waals surface area (Å²) >= 11 is 0. The van der Waals surface area contributed by atoms with Crippen LogP contribution in [0, 0.1) is 11.7 Å². The minimum absolute atomic E-state index is 0.213. The van der Waals surface area contributed by atoms with Gasteiger partial charge in [0.2, 0.25) is 0 Å². The van der Waals surface area contributed by atoms with E-state index in [0.29, 0.717) is 12.5 Å². The molecule has 0 aliphatic heterocycles. The van der Waals surface area contributed by atoms with Crippen LogP contribution in [0.1, 0.15) is 25.8 Å². The van der Waals surface area contributed by atoms with E-state index < -0.39 is 0 Å². The van der Waals surface area contributed by atoms with Crippen LogP contribution in [-0.4, -0.2) is 6.61 Å². The van der Waals surface area contributed by atoms with Gasteiger partial charge in [0.25, 0.3) is 0 Å². The molecule has 0 aliphatic rings. The molecule has 1 nitrogen and oxygen atoms in total. The highest BCUT2D eigenvalue weighted by Crippen LogP contribution is 2.23. The van der Waals surface area contributed by atoms with Crippen molar-refractivity contribution in [3.63, 3.8) is 0 Å². The van der Waals surface area contributed by atoms with Gasteiger partial charge in [0.15, 0.2) is 0 Å². The van der Waals surface area contributed by atoms with Crippen LogP contribution in [0.3, 0.4) is 0 Å². The Kier molecular flexibility index (Phi) is 5.03. The summed E-state index contributed by atoms with van der Waals surface area (Å²) < 4.78 is 18.7. The second-order valence-corrected chi connectivity index (χ2v) is 4.02. The quantitative estimate of drug-likeness (QED) is 0.661. The van der Waals surface area contributed by atoms with Gasteiger partial charge in [0.1, 0.15) is 11.6 Å². The number of allylic oxidation sites excluding steroid dienone is 1. The third kappa shape index (κ3) is 3.69. The van der Waals surface area contributed by atoms with E-state index in [-0.39, 0.29) is 5.82 Å². The lowest BCUT2D eigenvalue weighted by Crippen LogP contribution is -2.02. The van der Waals surface area contributed by atoms with E-state index in [9.17, 15) is 4.39 Å². The zero-order valence-corrected chi connectivity index (χ0v) is 10.0. The van der Waals surface area contributed by atoms with Crippen molar-refractivity contribution in [2.24, 2.45) is 5.92 Å². The zero-order valence-electron chi connectivity index (χ0n) is 10.0. The van der Waals surface area contributed by atoms with Gasteiger partial charge >= 0.3 is 0 Å². The molecule has 2 heteroatoms. The normalized spacial score (nSPS) is 12.2. The van der Waals surface area contributed by atoms with Gasteiger partial charge in [-0.3, -0.25) is 0 Å².